The molecule has 1 saturated heterocycles. The molecule has 1 amide bonds. The van der Waals surface area contributed by atoms with Gasteiger partial charge in [0.25, 0.3) is 5.91 Å². The van der Waals surface area contributed by atoms with Crippen molar-refractivity contribution >= 4 is 5.91 Å². The maximum Gasteiger partial charge on any atom is 0.253 e. The zero-order valence-corrected chi connectivity index (χ0v) is 8.02. The Hall–Kier alpha value is -1.35. The summed E-state index contributed by atoms with van der Waals surface area (Å²) in [7, 11) is 0. The highest BCUT2D eigenvalue weighted by Crippen LogP contribution is 2.05. The summed E-state index contributed by atoms with van der Waals surface area (Å²) in [6.45, 7) is 3.07. The van der Waals surface area contributed by atoms with Gasteiger partial charge in [-0.05, 0) is 12.1 Å². The zero-order valence-electron chi connectivity index (χ0n) is 8.02. The Morgan fingerprint density at radius 1 is 1.14 bits per heavy atom. The van der Waals surface area contributed by atoms with Crippen LogP contribution in [0.15, 0.2) is 30.3 Å². The van der Waals surface area contributed by atoms with E-state index in [1.54, 1.807) is 0 Å². The highest BCUT2D eigenvalue weighted by molar-refractivity contribution is 5.94. The Labute approximate surface area is 83.7 Å². The lowest BCUT2D eigenvalue weighted by Gasteiger charge is -2.26. The summed E-state index contributed by atoms with van der Waals surface area (Å²) in [6.07, 6.45) is 0. The van der Waals surface area contributed by atoms with Crippen molar-refractivity contribution in [1.29, 1.82) is 0 Å². The van der Waals surface area contributed by atoms with Crippen LogP contribution in [0.1, 0.15) is 10.4 Å². The molecule has 1 radical (unpaired) electrons. The van der Waals surface area contributed by atoms with Crippen molar-refractivity contribution in [1.82, 2.24) is 10.2 Å². The summed E-state index contributed by atoms with van der Waals surface area (Å²) in [4.78, 5) is 13.7. The standard InChI is InChI=1S/C11H13N2O/c14-11(10-4-2-1-3-5-10)13-8-6-12-7-9-13/h1-5H,6-9H2. The molecular weight excluding hydrogens is 176 g/mol. The first-order chi connectivity index (χ1) is 6.88. The second-order valence-electron chi connectivity index (χ2n) is 3.33. The molecule has 2 rings (SSSR count). The van der Waals surface area contributed by atoms with E-state index in [-0.39, 0.29) is 5.91 Å². The smallest absolute Gasteiger partial charge is 0.253 e. The van der Waals surface area contributed by atoms with Crippen LogP contribution < -0.4 is 5.32 Å². The van der Waals surface area contributed by atoms with E-state index in [9.17, 15) is 4.79 Å². The van der Waals surface area contributed by atoms with Crippen LogP contribution in [0.25, 0.3) is 0 Å². The van der Waals surface area contributed by atoms with E-state index in [4.69, 9.17) is 0 Å². The third kappa shape index (κ3) is 1.93. The van der Waals surface area contributed by atoms with Crippen LogP contribution >= 0.6 is 0 Å². The van der Waals surface area contributed by atoms with Crippen molar-refractivity contribution in [3.8, 4) is 0 Å². The fourth-order valence-corrected chi connectivity index (χ4v) is 1.57. The fourth-order valence-electron chi connectivity index (χ4n) is 1.57. The van der Waals surface area contributed by atoms with Gasteiger partial charge in [0.05, 0.1) is 0 Å². The molecule has 1 aromatic rings. The molecule has 0 spiro atoms. The van der Waals surface area contributed by atoms with Gasteiger partial charge < -0.3 is 4.90 Å². The van der Waals surface area contributed by atoms with Gasteiger partial charge in [0, 0.05) is 31.7 Å². The monoisotopic (exact) mass is 189 g/mol. The Morgan fingerprint density at radius 3 is 2.43 bits per heavy atom. The summed E-state index contributed by atoms with van der Waals surface area (Å²) >= 11 is 0. The first-order valence-electron chi connectivity index (χ1n) is 4.85. The largest absolute Gasteiger partial charge is 0.336 e. The molecule has 1 aliphatic heterocycles. The minimum atomic E-state index is 0.125. The van der Waals surface area contributed by atoms with E-state index < -0.39 is 0 Å². The van der Waals surface area contributed by atoms with Crippen LogP contribution in [-0.2, 0) is 0 Å². The molecule has 3 nitrogen and oxygen atoms in total. The van der Waals surface area contributed by atoms with Gasteiger partial charge in [-0.1, -0.05) is 18.2 Å². The lowest BCUT2D eigenvalue weighted by atomic mass is 10.2. The SMILES string of the molecule is O=C(c1ccccc1)N1CC[N]CC1. The number of nitrogens with zero attached hydrogens (tertiary/aromatic N) is 2. The lowest BCUT2D eigenvalue weighted by Crippen LogP contribution is -2.43. The topological polar surface area (TPSA) is 34.4 Å². The first kappa shape index (κ1) is 9.21. The second kappa shape index (κ2) is 4.24. The van der Waals surface area contributed by atoms with Crippen LogP contribution in [0, 0.1) is 0 Å². The number of amides is 1. The Kier molecular flexibility index (Phi) is 2.79. The second-order valence-corrected chi connectivity index (χ2v) is 3.33. The Balaban J connectivity index is 2.07. The maximum absolute atomic E-state index is 11.9. The van der Waals surface area contributed by atoms with Gasteiger partial charge in [-0.3, -0.25) is 4.79 Å². The third-order valence-corrected chi connectivity index (χ3v) is 2.36. The van der Waals surface area contributed by atoms with Gasteiger partial charge in [0.15, 0.2) is 0 Å². The van der Waals surface area contributed by atoms with E-state index in [1.165, 1.54) is 0 Å². The maximum atomic E-state index is 11.9. The fraction of sp³-hybridized carbons (Fsp3) is 0.364. The summed E-state index contributed by atoms with van der Waals surface area (Å²) in [6, 6.07) is 9.41. The Morgan fingerprint density at radius 2 is 1.79 bits per heavy atom. The molecular formula is C11H13N2O. The van der Waals surface area contributed by atoms with Gasteiger partial charge in [0.1, 0.15) is 0 Å². The molecule has 0 N–H and O–H groups in total. The number of piperazine rings is 1. The number of hydrogen-bond donors (Lipinski definition) is 0. The van der Waals surface area contributed by atoms with E-state index >= 15 is 0 Å². The molecule has 73 valence electrons. The van der Waals surface area contributed by atoms with Gasteiger partial charge in [-0.15, -0.1) is 0 Å². The minimum absolute atomic E-state index is 0.125. The van der Waals surface area contributed by atoms with Crippen molar-refractivity contribution in [2.45, 2.75) is 0 Å². The quantitative estimate of drug-likeness (QED) is 0.642. The molecule has 0 bridgehead atoms. The molecule has 0 aromatic heterocycles. The van der Waals surface area contributed by atoms with Crippen LogP contribution in [0.5, 0.6) is 0 Å². The van der Waals surface area contributed by atoms with Crippen LogP contribution in [0.2, 0.25) is 0 Å². The summed E-state index contributed by atoms with van der Waals surface area (Å²) in [5, 5.41) is 4.21. The van der Waals surface area contributed by atoms with Gasteiger partial charge in [-0.25, -0.2) is 5.32 Å². The molecule has 0 aliphatic carbocycles. The normalized spacial score (nSPS) is 16.7. The van der Waals surface area contributed by atoms with Crippen molar-refractivity contribution in [3.63, 3.8) is 0 Å². The molecule has 14 heavy (non-hydrogen) atoms. The van der Waals surface area contributed by atoms with Crippen molar-refractivity contribution < 1.29 is 4.79 Å². The molecule has 1 aliphatic rings. The third-order valence-electron chi connectivity index (χ3n) is 2.36. The molecule has 0 saturated carbocycles. The Bertz CT molecular complexity index is 304. The predicted molar refractivity (Wildman–Crippen MR) is 54.2 cm³/mol. The predicted octanol–water partition coefficient (Wildman–Crippen LogP) is 0.747. The van der Waals surface area contributed by atoms with Crippen LogP contribution in [0.3, 0.4) is 0 Å². The number of carbonyl (C=O) groups is 1. The molecule has 0 unspecified atom stereocenters. The highest BCUT2D eigenvalue weighted by Gasteiger charge is 2.17. The van der Waals surface area contributed by atoms with Crippen molar-refractivity contribution in [2.75, 3.05) is 26.2 Å². The van der Waals surface area contributed by atoms with Gasteiger partial charge >= 0.3 is 0 Å². The number of benzene rings is 1. The van der Waals surface area contributed by atoms with Gasteiger partial charge in [-0.2, -0.15) is 0 Å². The molecule has 0 atom stereocenters. The average Bonchev–Trinajstić information content (AvgIpc) is 2.30. The van der Waals surface area contributed by atoms with E-state index in [0.717, 1.165) is 31.7 Å². The highest BCUT2D eigenvalue weighted by atomic mass is 16.2. The summed E-state index contributed by atoms with van der Waals surface area (Å²) in [5.74, 6) is 0.125. The summed E-state index contributed by atoms with van der Waals surface area (Å²) in [5.41, 5.74) is 0.773. The van der Waals surface area contributed by atoms with Crippen LogP contribution in [0.4, 0.5) is 0 Å². The van der Waals surface area contributed by atoms with Crippen molar-refractivity contribution in [2.24, 2.45) is 0 Å². The molecule has 1 fully saturated rings. The molecule has 1 heterocycles. The van der Waals surface area contributed by atoms with E-state index in [2.05, 4.69) is 5.32 Å². The van der Waals surface area contributed by atoms with E-state index in [0.29, 0.717) is 0 Å². The van der Waals surface area contributed by atoms with Crippen LogP contribution in [-0.4, -0.2) is 37.0 Å². The average molecular weight is 189 g/mol. The van der Waals surface area contributed by atoms with E-state index in [1.807, 2.05) is 35.2 Å². The zero-order chi connectivity index (χ0) is 9.80. The number of rotatable bonds is 1. The first-order valence-corrected chi connectivity index (χ1v) is 4.85. The lowest BCUT2D eigenvalue weighted by molar-refractivity contribution is 0.0734. The molecule has 1 aromatic carbocycles. The summed E-state index contributed by atoms with van der Waals surface area (Å²) < 4.78 is 0. The molecule has 3 heteroatoms. The minimum Gasteiger partial charge on any atom is -0.336 e. The number of carbonyl (C=O) groups excluding carboxylic acids is 1. The van der Waals surface area contributed by atoms with Gasteiger partial charge in [0.2, 0.25) is 0 Å². The van der Waals surface area contributed by atoms with Crippen molar-refractivity contribution in [3.05, 3.63) is 35.9 Å². The number of hydrogen-bond acceptors (Lipinski definition) is 1.